The van der Waals surface area contributed by atoms with Crippen molar-refractivity contribution in [2.45, 2.75) is 0 Å². The quantitative estimate of drug-likeness (QED) is 0.406. The Morgan fingerprint density at radius 1 is 0.964 bits per heavy atom. The molecule has 0 saturated carbocycles. The number of fused-ring (bicyclic) bond motifs is 1. The van der Waals surface area contributed by atoms with E-state index in [1.807, 2.05) is 24.3 Å². The third-order valence-electron chi connectivity index (χ3n) is 3.66. The summed E-state index contributed by atoms with van der Waals surface area (Å²) in [6.07, 6.45) is 0. The predicted octanol–water partition coefficient (Wildman–Crippen LogP) is 5.25. The Hall–Kier alpha value is -2.29. The van der Waals surface area contributed by atoms with Crippen LogP contribution in [-0.4, -0.2) is 18.5 Å². The van der Waals surface area contributed by atoms with Gasteiger partial charge in [0.15, 0.2) is 6.61 Å². The number of anilines is 1. The molecule has 9 heteroatoms. The summed E-state index contributed by atoms with van der Waals surface area (Å²) in [5.41, 5.74) is 5.07. The number of rotatable bonds is 4. The van der Waals surface area contributed by atoms with Gasteiger partial charge in [-0.2, -0.15) is 0 Å². The first-order chi connectivity index (χ1) is 13.4. The van der Waals surface area contributed by atoms with Crippen molar-refractivity contribution >= 4 is 71.9 Å². The number of hydrogen-bond acceptors (Lipinski definition) is 3. The van der Waals surface area contributed by atoms with Crippen molar-refractivity contribution in [1.29, 1.82) is 0 Å². The van der Waals surface area contributed by atoms with Crippen LogP contribution in [-0.2, 0) is 4.79 Å². The van der Waals surface area contributed by atoms with Gasteiger partial charge in [0, 0.05) is 15.2 Å². The van der Waals surface area contributed by atoms with Crippen LogP contribution in [0.15, 0.2) is 63.5 Å². The van der Waals surface area contributed by atoms with E-state index >= 15 is 0 Å². The summed E-state index contributed by atoms with van der Waals surface area (Å²) < 4.78 is 7.27. The molecule has 0 unspecified atom stereocenters. The molecule has 3 N–H and O–H groups in total. The lowest BCUT2D eigenvalue weighted by Gasteiger charge is -2.12. The minimum absolute atomic E-state index is 0.262. The van der Waals surface area contributed by atoms with Crippen LogP contribution in [0.3, 0.4) is 0 Å². The normalized spacial score (nSPS) is 10.4. The number of ether oxygens (including phenoxy) is 1. The second-order valence-electron chi connectivity index (χ2n) is 5.67. The van der Waals surface area contributed by atoms with E-state index < -0.39 is 11.9 Å². The molecule has 6 nitrogen and oxygen atoms in total. The first-order valence-electron chi connectivity index (χ1n) is 8.04. The Labute approximate surface area is 182 Å². The van der Waals surface area contributed by atoms with E-state index in [0.29, 0.717) is 16.5 Å². The van der Waals surface area contributed by atoms with E-state index in [9.17, 15) is 9.59 Å². The lowest BCUT2D eigenvalue weighted by Crippen LogP contribution is -2.45. The molecule has 3 amide bonds. The van der Waals surface area contributed by atoms with Gasteiger partial charge in [-0.15, -0.1) is 0 Å². The first kappa shape index (κ1) is 20.4. The number of urea groups is 1. The standard InChI is InChI=1S/C19H14Br2ClN3O3/c20-12-2-7-15-11(9-12)1-8-16(18(15)21)28-10-17(26)24-25-19(27)23-14-5-3-13(22)4-6-14/h1-9H,10H2,(H,24,26)(H2,23,25,27). The highest BCUT2D eigenvalue weighted by Gasteiger charge is 2.10. The molecule has 3 aromatic rings. The summed E-state index contributed by atoms with van der Waals surface area (Å²) in [4.78, 5) is 23.7. The molecule has 0 spiro atoms. The summed E-state index contributed by atoms with van der Waals surface area (Å²) in [7, 11) is 0. The molecule has 0 saturated heterocycles. The summed E-state index contributed by atoms with van der Waals surface area (Å²) in [5, 5.41) is 5.10. The predicted molar refractivity (Wildman–Crippen MR) is 117 cm³/mol. The van der Waals surface area contributed by atoms with Gasteiger partial charge in [-0.25, -0.2) is 10.2 Å². The zero-order valence-corrected chi connectivity index (χ0v) is 18.2. The second kappa shape index (κ2) is 9.27. The molecule has 144 valence electrons. The van der Waals surface area contributed by atoms with Gasteiger partial charge >= 0.3 is 6.03 Å². The number of benzene rings is 3. The van der Waals surface area contributed by atoms with E-state index in [2.05, 4.69) is 48.0 Å². The Kier molecular flexibility index (Phi) is 6.77. The molecule has 0 fully saturated rings. The summed E-state index contributed by atoms with van der Waals surface area (Å²) in [5.74, 6) is 0.0182. The number of hydrazine groups is 1. The fraction of sp³-hybridized carbons (Fsp3) is 0.0526. The Morgan fingerprint density at radius 3 is 2.46 bits per heavy atom. The van der Waals surface area contributed by atoms with Gasteiger partial charge in [-0.1, -0.05) is 39.7 Å². The minimum atomic E-state index is -0.590. The SMILES string of the molecule is O=C(COc1ccc2cc(Br)ccc2c1Br)NNC(=O)Nc1ccc(Cl)cc1. The van der Waals surface area contributed by atoms with Gasteiger partial charge in [-0.05, 0) is 69.2 Å². The van der Waals surface area contributed by atoms with Crippen molar-refractivity contribution in [3.63, 3.8) is 0 Å². The lowest BCUT2D eigenvalue weighted by atomic mass is 10.1. The smallest absolute Gasteiger partial charge is 0.337 e. The van der Waals surface area contributed by atoms with Crippen LogP contribution in [0.2, 0.25) is 5.02 Å². The molecule has 0 aliphatic carbocycles. The largest absolute Gasteiger partial charge is 0.483 e. The molecular weight excluding hydrogens is 513 g/mol. The van der Waals surface area contributed by atoms with E-state index in [4.69, 9.17) is 16.3 Å². The number of hydrogen-bond donors (Lipinski definition) is 3. The molecule has 0 aromatic heterocycles. The Balaban J connectivity index is 1.51. The van der Waals surface area contributed by atoms with Crippen molar-refractivity contribution in [1.82, 2.24) is 10.9 Å². The molecular formula is C19H14Br2ClN3O3. The average molecular weight is 528 g/mol. The van der Waals surface area contributed by atoms with Crippen molar-refractivity contribution in [2.75, 3.05) is 11.9 Å². The highest BCUT2D eigenvalue weighted by molar-refractivity contribution is 9.11. The van der Waals surface area contributed by atoms with E-state index in [0.717, 1.165) is 19.7 Å². The van der Waals surface area contributed by atoms with Crippen molar-refractivity contribution in [2.24, 2.45) is 0 Å². The lowest BCUT2D eigenvalue weighted by molar-refractivity contribution is -0.123. The third kappa shape index (κ3) is 5.37. The third-order valence-corrected chi connectivity index (χ3v) is 5.22. The first-order valence-corrected chi connectivity index (χ1v) is 10.0. The molecule has 0 atom stereocenters. The summed E-state index contributed by atoms with van der Waals surface area (Å²) in [6.45, 7) is -0.262. The van der Waals surface area contributed by atoms with Crippen molar-refractivity contribution in [3.05, 3.63) is 68.6 Å². The number of nitrogens with one attached hydrogen (secondary N) is 3. The maximum absolute atomic E-state index is 11.9. The van der Waals surface area contributed by atoms with E-state index in [1.54, 1.807) is 30.3 Å². The van der Waals surface area contributed by atoms with Gasteiger partial charge in [-0.3, -0.25) is 10.2 Å². The zero-order valence-electron chi connectivity index (χ0n) is 14.3. The average Bonchev–Trinajstić information content (AvgIpc) is 2.67. The van der Waals surface area contributed by atoms with Crippen molar-refractivity contribution in [3.8, 4) is 5.75 Å². The molecule has 0 aliphatic rings. The van der Waals surface area contributed by atoms with Crippen LogP contribution < -0.4 is 20.9 Å². The van der Waals surface area contributed by atoms with E-state index in [1.165, 1.54) is 0 Å². The zero-order chi connectivity index (χ0) is 20.1. The van der Waals surface area contributed by atoms with Gasteiger partial charge in [0.25, 0.3) is 5.91 Å². The van der Waals surface area contributed by atoms with E-state index in [-0.39, 0.29) is 6.61 Å². The van der Waals surface area contributed by atoms with Crippen LogP contribution in [0, 0.1) is 0 Å². The fourth-order valence-electron chi connectivity index (χ4n) is 2.36. The number of amides is 3. The Bertz CT molecular complexity index is 1030. The Morgan fingerprint density at radius 2 is 1.71 bits per heavy atom. The summed E-state index contributed by atoms with van der Waals surface area (Å²) >= 11 is 12.7. The molecule has 0 radical (unpaired) electrons. The summed E-state index contributed by atoms with van der Waals surface area (Å²) in [6, 6.07) is 15.5. The van der Waals surface area contributed by atoms with Gasteiger partial charge in [0.1, 0.15) is 5.75 Å². The van der Waals surface area contributed by atoms with Crippen LogP contribution in [0.25, 0.3) is 10.8 Å². The number of halogens is 3. The highest BCUT2D eigenvalue weighted by atomic mass is 79.9. The fourth-order valence-corrected chi connectivity index (χ4v) is 3.47. The number of carbonyl (C=O) groups excluding carboxylic acids is 2. The van der Waals surface area contributed by atoms with Gasteiger partial charge in [0.2, 0.25) is 0 Å². The second-order valence-corrected chi connectivity index (χ2v) is 7.81. The van der Waals surface area contributed by atoms with Crippen molar-refractivity contribution < 1.29 is 14.3 Å². The monoisotopic (exact) mass is 525 g/mol. The molecule has 3 rings (SSSR count). The maximum atomic E-state index is 11.9. The highest BCUT2D eigenvalue weighted by Crippen LogP contribution is 2.34. The van der Waals surface area contributed by atoms with Crippen LogP contribution in [0.4, 0.5) is 10.5 Å². The van der Waals surface area contributed by atoms with Crippen LogP contribution >= 0.6 is 43.5 Å². The molecule has 28 heavy (non-hydrogen) atoms. The molecule has 0 heterocycles. The maximum Gasteiger partial charge on any atom is 0.337 e. The molecule has 3 aromatic carbocycles. The van der Waals surface area contributed by atoms with Crippen LogP contribution in [0.5, 0.6) is 5.75 Å². The molecule has 0 bridgehead atoms. The number of carbonyl (C=O) groups is 2. The topological polar surface area (TPSA) is 79.5 Å². The van der Waals surface area contributed by atoms with Gasteiger partial charge < -0.3 is 10.1 Å². The minimum Gasteiger partial charge on any atom is -0.483 e. The van der Waals surface area contributed by atoms with Crippen LogP contribution in [0.1, 0.15) is 0 Å². The molecule has 0 aliphatic heterocycles. The van der Waals surface area contributed by atoms with Gasteiger partial charge in [0.05, 0.1) is 4.47 Å².